The van der Waals surface area contributed by atoms with Gasteiger partial charge in [0.05, 0.1) is 17.2 Å². The third-order valence-electron chi connectivity index (χ3n) is 7.01. The van der Waals surface area contributed by atoms with Crippen LogP contribution in [0.2, 0.25) is 0 Å². The highest BCUT2D eigenvalue weighted by molar-refractivity contribution is 7.92. The number of hydrogen-bond donors (Lipinski definition) is 1. The van der Waals surface area contributed by atoms with Crippen LogP contribution in [0.3, 0.4) is 0 Å². The summed E-state index contributed by atoms with van der Waals surface area (Å²) in [6.45, 7) is 7.54. The summed E-state index contributed by atoms with van der Waals surface area (Å²) in [7, 11) is -4.19. The number of carbonyl (C=O) groups excluding carboxylic acids is 2. The van der Waals surface area contributed by atoms with Gasteiger partial charge in [-0.15, -0.1) is 0 Å². The first-order valence-corrected chi connectivity index (χ1v) is 16.4. The van der Waals surface area contributed by atoms with Crippen LogP contribution >= 0.6 is 0 Å². The van der Waals surface area contributed by atoms with Gasteiger partial charge in [0.2, 0.25) is 11.8 Å². The number of hydrogen-bond acceptors (Lipinski definition) is 5. The molecule has 4 aromatic carbocycles. The van der Waals surface area contributed by atoms with Gasteiger partial charge in [-0.05, 0) is 75.2 Å². The lowest BCUT2D eigenvalue weighted by Gasteiger charge is -2.35. The van der Waals surface area contributed by atoms with Crippen molar-refractivity contribution in [2.75, 3.05) is 17.5 Å². The van der Waals surface area contributed by atoms with Crippen molar-refractivity contribution in [2.45, 2.75) is 57.1 Å². The van der Waals surface area contributed by atoms with E-state index in [0.717, 1.165) is 15.4 Å². The van der Waals surface area contributed by atoms with Crippen molar-refractivity contribution in [3.05, 3.63) is 126 Å². The van der Waals surface area contributed by atoms with E-state index in [1.165, 1.54) is 17.0 Å². The van der Waals surface area contributed by atoms with Crippen LogP contribution < -0.4 is 14.4 Å². The Morgan fingerprint density at radius 1 is 0.778 bits per heavy atom. The predicted octanol–water partition coefficient (Wildman–Crippen LogP) is 5.84. The Balaban J connectivity index is 1.77. The molecule has 0 bridgehead atoms. The molecule has 0 aromatic heterocycles. The average Bonchev–Trinajstić information content (AvgIpc) is 3.02. The van der Waals surface area contributed by atoms with Gasteiger partial charge in [0.25, 0.3) is 10.0 Å². The Labute approximate surface area is 266 Å². The summed E-state index contributed by atoms with van der Waals surface area (Å²) in [6, 6.07) is 32.6. The van der Waals surface area contributed by atoms with E-state index < -0.39 is 34.1 Å². The van der Waals surface area contributed by atoms with Gasteiger partial charge in [0, 0.05) is 18.5 Å². The second-order valence-electron chi connectivity index (χ2n) is 11.7. The number of rotatable bonds is 13. The van der Waals surface area contributed by atoms with E-state index in [-0.39, 0.29) is 23.8 Å². The monoisotopic (exact) mass is 627 g/mol. The zero-order valence-corrected chi connectivity index (χ0v) is 27.0. The maximum Gasteiger partial charge on any atom is 0.264 e. The first-order chi connectivity index (χ1) is 21.5. The highest BCUT2D eigenvalue weighted by atomic mass is 32.2. The maximum absolute atomic E-state index is 14.5. The molecular formula is C36H41N3O5S. The quantitative estimate of drug-likeness (QED) is 0.201. The van der Waals surface area contributed by atoms with E-state index in [9.17, 15) is 18.0 Å². The lowest BCUT2D eigenvalue weighted by molar-refractivity contribution is -0.140. The van der Waals surface area contributed by atoms with Crippen molar-refractivity contribution < 1.29 is 22.7 Å². The molecule has 2 amide bonds. The highest BCUT2D eigenvalue weighted by Gasteiger charge is 2.35. The molecule has 0 heterocycles. The van der Waals surface area contributed by atoms with Crippen LogP contribution in [-0.2, 0) is 32.6 Å². The van der Waals surface area contributed by atoms with E-state index in [2.05, 4.69) is 5.32 Å². The summed E-state index contributed by atoms with van der Waals surface area (Å²) in [6.07, 6.45) is 0.248. The molecule has 8 nitrogen and oxygen atoms in total. The lowest BCUT2D eigenvalue weighted by atomic mass is 10.0. The molecule has 4 rings (SSSR count). The van der Waals surface area contributed by atoms with Crippen LogP contribution in [0, 0.1) is 0 Å². The molecule has 0 saturated carbocycles. The van der Waals surface area contributed by atoms with Crippen LogP contribution in [0.5, 0.6) is 5.75 Å². The molecule has 0 radical (unpaired) electrons. The Kier molecular flexibility index (Phi) is 11.0. The van der Waals surface area contributed by atoms with Crippen LogP contribution in [0.15, 0.2) is 120 Å². The minimum absolute atomic E-state index is 0.0172. The number of ether oxygens (including phenoxy) is 1. The number of para-hydroxylation sites is 1. The standard InChI is InChI=1S/C36H41N3O5S/c1-5-44-31-21-23-32(24-22-31)45(42,43)39(30-19-13-8-14-20-30)27-34(40)38(26-29-17-11-7-12-18-29)33(35(41)37-36(2,3)4)25-28-15-9-6-10-16-28/h6-24,33H,5,25-27H2,1-4H3,(H,37,41)/t33-/m0/s1. The largest absolute Gasteiger partial charge is 0.494 e. The van der Waals surface area contributed by atoms with Gasteiger partial charge in [-0.1, -0.05) is 78.9 Å². The first-order valence-electron chi connectivity index (χ1n) is 15.0. The van der Waals surface area contributed by atoms with Gasteiger partial charge >= 0.3 is 0 Å². The molecule has 236 valence electrons. The summed E-state index contributed by atoms with van der Waals surface area (Å²) >= 11 is 0. The minimum Gasteiger partial charge on any atom is -0.494 e. The number of benzene rings is 4. The average molecular weight is 628 g/mol. The molecule has 0 fully saturated rings. The van der Waals surface area contributed by atoms with Crippen molar-refractivity contribution in [3.8, 4) is 5.75 Å². The van der Waals surface area contributed by atoms with Gasteiger partial charge in [-0.2, -0.15) is 0 Å². The molecule has 0 aliphatic carbocycles. The van der Waals surface area contributed by atoms with Crippen molar-refractivity contribution >= 4 is 27.5 Å². The van der Waals surface area contributed by atoms with Crippen LogP contribution in [-0.4, -0.2) is 49.9 Å². The Morgan fingerprint density at radius 2 is 1.31 bits per heavy atom. The molecule has 1 atom stereocenters. The Hall–Kier alpha value is -4.63. The minimum atomic E-state index is -4.19. The fourth-order valence-corrected chi connectivity index (χ4v) is 6.33. The van der Waals surface area contributed by atoms with Crippen LogP contribution in [0.25, 0.3) is 0 Å². The highest BCUT2D eigenvalue weighted by Crippen LogP contribution is 2.26. The molecule has 1 N–H and O–H groups in total. The van der Waals surface area contributed by atoms with Crippen molar-refractivity contribution in [2.24, 2.45) is 0 Å². The van der Waals surface area contributed by atoms with E-state index >= 15 is 0 Å². The molecule has 45 heavy (non-hydrogen) atoms. The SMILES string of the molecule is CCOc1ccc(S(=O)(=O)N(CC(=O)N(Cc2ccccc2)[C@@H](Cc2ccccc2)C(=O)NC(C)(C)C)c2ccccc2)cc1. The predicted molar refractivity (Wildman–Crippen MR) is 177 cm³/mol. The van der Waals surface area contributed by atoms with E-state index in [4.69, 9.17) is 4.74 Å². The second-order valence-corrected chi connectivity index (χ2v) is 13.6. The number of anilines is 1. The molecule has 0 saturated heterocycles. The van der Waals surface area contributed by atoms with Crippen molar-refractivity contribution in [1.82, 2.24) is 10.2 Å². The molecule has 0 aliphatic rings. The zero-order valence-electron chi connectivity index (χ0n) is 26.2. The van der Waals surface area contributed by atoms with E-state index in [1.54, 1.807) is 42.5 Å². The first kappa shape index (κ1) is 33.3. The number of nitrogens with zero attached hydrogens (tertiary/aromatic N) is 2. The second kappa shape index (κ2) is 14.9. The number of amides is 2. The summed E-state index contributed by atoms with van der Waals surface area (Å²) in [4.78, 5) is 29.9. The van der Waals surface area contributed by atoms with Gasteiger partial charge in [0.1, 0.15) is 18.3 Å². The van der Waals surface area contributed by atoms with Gasteiger partial charge in [-0.3, -0.25) is 13.9 Å². The van der Waals surface area contributed by atoms with Crippen molar-refractivity contribution in [1.29, 1.82) is 0 Å². The third kappa shape index (κ3) is 9.18. The summed E-state index contributed by atoms with van der Waals surface area (Å²) < 4.78 is 34.9. The van der Waals surface area contributed by atoms with Crippen LogP contribution in [0.1, 0.15) is 38.8 Å². The molecular weight excluding hydrogens is 586 g/mol. The van der Waals surface area contributed by atoms with Gasteiger partial charge < -0.3 is 15.0 Å². The number of sulfonamides is 1. The Morgan fingerprint density at radius 3 is 1.84 bits per heavy atom. The smallest absolute Gasteiger partial charge is 0.264 e. The number of nitrogens with one attached hydrogen (secondary N) is 1. The summed E-state index contributed by atoms with van der Waals surface area (Å²) in [5.41, 5.74) is 1.46. The van der Waals surface area contributed by atoms with Crippen molar-refractivity contribution in [3.63, 3.8) is 0 Å². The van der Waals surface area contributed by atoms with Gasteiger partial charge in [-0.25, -0.2) is 8.42 Å². The lowest BCUT2D eigenvalue weighted by Crippen LogP contribution is -2.56. The molecule has 4 aromatic rings. The van der Waals surface area contributed by atoms with Crippen LogP contribution in [0.4, 0.5) is 5.69 Å². The van der Waals surface area contributed by atoms with E-state index in [0.29, 0.717) is 18.0 Å². The van der Waals surface area contributed by atoms with Gasteiger partial charge in [0.15, 0.2) is 0 Å². The third-order valence-corrected chi connectivity index (χ3v) is 8.80. The molecule has 0 spiro atoms. The molecule has 9 heteroatoms. The maximum atomic E-state index is 14.5. The topological polar surface area (TPSA) is 96.0 Å². The fourth-order valence-electron chi connectivity index (χ4n) is 4.91. The molecule has 0 unspecified atom stereocenters. The molecule has 0 aliphatic heterocycles. The Bertz CT molecular complexity index is 1640. The van der Waals surface area contributed by atoms with E-state index in [1.807, 2.05) is 88.4 Å². The zero-order chi connectivity index (χ0) is 32.5. The summed E-state index contributed by atoms with van der Waals surface area (Å²) in [5, 5.41) is 3.04. The summed E-state index contributed by atoms with van der Waals surface area (Å²) in [5.74, 6) is -0.292. The normalized spacial score (nSPS) is 12.2. The fraction of sp³-hybridized carbons (Fsp3) is 0.278. The number of carbonyl (C=O) groups is 2.